The van der Waals surface area contributed by atoms with Crippen LogP contribution in [-0.4, -0.2) is 38.2 Å². The van der Waals surface area contributed by atoms with Crippen LogP contribution in [0.5, 0.6) is 0 Å². The highest BCUT2D eigenvalue weighted by Gasteiger charge is 2.17. The highest BCUT2D eigenvalue weighted by molar-refractivity contribution is 7.90. The van der Waals surface area contributed by atoms with Gasteiger partial charge in [0.2, 0.25) is 0 Å². The van der Waals surface area contributed by atoms with Gasteiger partial charge >= 0.3 is 5.97 Å². The summed E-state index contributed by atoms with van der Waals surface area (Å²) in [6.07, 6.45) is 1.00. The summed E-state index contributed by atoms with van der Waals surface area (Å²) >= 11 is 0.807. The third-order valence-corrected chi connectivity index (χ3v) is 6.05. The minimum atomic E-state index is -3.54. The Morgan fingerprint density at radius 3 is 2.59 bits per heavy atom. The van der Waals surface area contributed by atoms with E-state index in [2.05, 4.69) is 9.73 Å². The number of ether oxygens (including phenoxy) is 1. The van der Waals surface area contributed by atoms with Crippen LogP contribution in [0.15, 0.2) is 46.3 Å². The molecule has 0 spiro atoms. The molecule has 0 atom stereocenters. The zero-order valence-electron chi connectivity index (χ0n) is 15.2. The molecular formula is C18H14F2N2O5S2. The highest BCUT2D eigenvalue weighted by Crippen LogP contribution is 2.22. The first-order valence-corrected chi connectivity index (χ1v) is 10.8. The first-order chi connectivity index (χ1) is 13.6. The summed E-state index contributed by atoms with van der Waals surface area (Å²) in [5.74, 6) is -3.27. The third-order valence-electron chi connectivity index (χ3n) is 3.92. The normalized spacial score (nSPS) is 12.3. The number of halogens is 2. The zero-order valence-corrected chi connectivity index (χ0v) is 16.8. The predicted molar refractivity (Wildman–Crippen MR) is 101 cm³/mol. The fraction of sp³-hybridized carbons (Fsp3) is 0.167. The molecule has 152 valence electrons. The number of esters is 1. The Balaban J connectivity index is 2.19. The van der Waals surface area contributed by atoms with Crippen LogP contribution >= 0.6 is 11.3 Å². The van der Waals surface area contributed by atoms with Gasteiger partial charge in [0.1, 0.15) is 12.4 Å². The fourth-order valence-corrected chi connectivity index (χ4v) is 4.30. The number of methoxy groups -OCH3 is 1. The van der Waals surface area contributed by atoms with Gasteiger partial charge in [0.25, 0.3) is 5.91 Å². The molecule has 0 saturated carbocycles. The Hall–Kier alpha value is -2.92. The topological polar surface area (TPSA) is 94.8 Å². The lowest BCUT2D eigenvalue weighted by molar-refractivity contribution is -0.141. The second kappa shape index (κ2) is 7.84. The van der Waals surface area contributed by atoms with E-state index in [1.54, 1.807) is 0 Å². The van der Waals surface area contributed by atoms with Crippen LogP contribution < -0.4 is 4.80 Å². The average Bonchev–Trinajstić information content (AvgIpc) is 2.97. The maximum atomic E-state index is 14.3. The van der Waals surface area contributed by atoms with Gasteiger partial charge in [-0.15, -0.1) is 0 Å². The molecule has 0 radical (unpaired) electrons. The summed E-state index contributed by atoms with van der Waals surface area (Å²) in [7, 11) is -2.39. The average molecular weight is 440 g/mol. The van der Waals surface area contributed by atoms with Crippen molar-refractivity contribution in [2.45, 2.75) is 11.4 Å². The highest BCUT2D eigenvalue weighted by atomic mass is 32.2. The number of fused-ring (bicyclic) bond motifs is 1. The van der Waals surface area contributed by atoms with Crippen LogP contribution in [0.25, 0.3) is 10.2 Å². The van der Waals surface area contributed by atoms with Crippen molar-refractivity contribution in [3.8, 4) is 0 Å². The van der Waals surface area contributed by atoms with Gasteiger partial charge in [0.15, 0.2) is 20.5 Å². The molecule has 1 aromatic heterocycles. The number of aromatic nitrogens is 1. The van der Waals surface area contributed by atoms with Crippen LogP contribution in [0.4, 0.5) is 8.78 Å². The van der Waals surface area contributed by atoms with Gasteiger partial charge in [-0.05, 0) is 24.3 Å². The van der Waals surface area contributed by atoms with E-state index < -0.39 is 39.9 Å². The maximum absolute atomic E-state index is 14.3. The second-order valence-corrected chi connectivity index (χ2v) is 9.02. The van der Waals surface area contributed by atoms with Crippen molar-refractivity contribution < 1.29 is 31.5 Å². The van der Waals surface area contributed by atoms with Crippen molar-refractivity contribution in [3.63, 3.8) is 0 Å². The van der Waals surface area contributed by atoms with E-state index in [4.69, 9.17) is 0 Å². The molecule has 3 aromatic rings. The molecule has 0 fully saturated rings. The number of carbonyl (C=O) groups excluding carboxylic acids is 2. The van der Waals surface area contributed by atoms with Crippen LogP contribution in [0.3, 0.4) is 0 Å². The molecule has 1 amide bonds. The predicted octanol–water partition coefficient (Wildman–Crippen LogP) is 2.30. The Morgan fingerprint density at radius 2 is 1.93 bits per heavy atom. The van der Waals surface area contributed by atoms with Crippen LogP contribution in [0.1, 0.15) is 10.4 Å². The Labute approximate surface area is 167 Å². The molecule has 11 heteroatoms. The van der Waals surface area contributed by atoms with Gasteiger partial charge in [-0.2, -0.15) is 4.99 Å². The van der Waals surface area contributed by atoms with Gasteiger partial charge < -0.3 is 9.30 Å². The zero-order chi connectivity index (χ0) is 21.3. The molecule has 0 aliphatic carbocycles. The molecule has 1 heterocycles. The number of carbonyl (C=O) groups is 2. The third kappa shape index (κ3) is 4.40. The molecule has 0 bridgehead atoms. The van der Waals surface area contributed by atoms with E-state index in [-0.39, 0.29) is 25.5 Å². The van der Waals surface area contributed by atoms with E-state index in [0.717, 1.165) is 35.3 Å². The lowest BCUT2D eigenvalue weighted by atomic mass is 10.2. The Morgan fingerprint density at radius 1 is 1.21 bits per heavy atom. The van der Waals surface area contributed by atoms with E-state index in [9.17, 15) is 26.8 Å². The number of thiazole rings is 1. The monoisotopic (exact) mass is 440 g/mol. The maximum Gasteiger partial charge on any atom is 0.325 e. The fourth-order valence-electron chi connectivity index (χ4n) is 2.57. The smallest absolute Gasteiger partial charge is 0.325 e. The first kappa shape index (κ1) is 20.8. The number of hydrogen-bond donors (Lipinski definition) is 0. The summed E-state index contributed by atoms with van der Waals surface area (Å²) in [6, 6.07) is 6.98. The summed E-state index contributed by atoms with van der Waals surface area (Å²) < 4.78 is 57.1. The van der Waals surface area contributed by atoms with Crippen molar-refractivity contribution in [1.82, 2.24) is 4.57 Å². The molecule has 29 heavy (non-hydrogen) atoms. The summed E-state index contributed by atoms with van der Waals surface area (Å²) in [5, 5.41) is 0. The van der Waals surface area contributed by atoms with E-state index in [1.807, 2.05) is 0 Å². The van der Waals surface area contributed by atoms with Crippen molar-refractivity contribution >= 4 is 43.3 Å². The molecule has 0 N–H and O–H groups in total. The lowest BCUT2D eigenvalue weighted by Crippen LogP contribution is -2.23. The number of sulfone groups is 1. The molecule has 0 unspecified atom stereocenters. The molecular weight excluding hydrogens is 426 g/mol. The molecule has 0 saturated heterocycles. The van der Waals surface area contributed by atoms with Crippen LogP contribution in [0, 0.1) is 11.6 Å². The molecule has 0 aliphatic heterocycles. The molecule has 0 aliphatic rings. The standard InChI is InChI=1S/C18H14F2N2O5S2/c1-27-15(23)9-22-16-13(20)7-11(19)8-14(16)28-18(22)21-17(24)10-4-3-5-12(6-10)29(2,25)26/h3-8H,9H2,1-2H3. The Bertz CT molecular complexity index is 1310. The minimum Gasteiger partial charge on any atom is -0.468 e. The van der Waals surface area contributed by atoms with Gasteiger partial charge in [-0.1, -0.05) is 17.4 Å². The van der Waals surface area contributed by atoms with Crippen molar-refractivity contribution in [2.24, 2.45) is 4.99 Å². The van der Waals surface area contributed by atoms with E-state index in [0.29, 0.717) is 6.07 Å². The van der Waals surface area contributed by atoms with Gasteiger partial charge in [0.05, 0.1) is 22.2 Å². The van der Waals surface area contributed by atoms with Gasteiger partial charge in [0, 0.05) is 17.9 Å². The van der Waals surface area contributed by atoms with E-state index >= 15 is 0 Å². The largest absolute Gasteiger partial charge is 0.468 e. The number of rotatable bonds is 4. The summed E-state index contributed by atoms with van der Waals surface area (Å²) in [5.41, 5.74) is -0.111. The SMILES string of the molecule is COC(=O)Cn1c(=NC(=O)c2cccc(S(C)(=O)=O)c2)sc2cc(F)cc(F)c21. The van der Waals surface area contributed by atoms with Gasteiger partial charge in [-0.25, -0.2) is 17.2 Å². The summed E-state index contributed by atoms with van der Waals surface area (Å²) in [4.78, 5) is 28.1. The first-order valence-electron chi connectivity index (χ1n) is 8.04. The molecule has 7 nitrogen and oxygen atoms in total. The van der Waals surface area contributed by atoms with Crippen molar-refractivity contribution in [2.75, 3.05) is 13.4 Å². The van der Waals surface area contributed by atoms with E-state index in [1.165, 1.54) is 24.3 Å². The number of hydrogen-bond acceptors (Lipinski definition) is 6. The minimum absolute atomic E-state index is 0.0124. The van der Waals surface area contributed by atoms with Crippen LogP contribution in [-0.2, 0) is 25.9 Å². The number of amides is 1. The number of nitrogens with zero attached hydrogens (tertiary/aromatic N) is 2. The second-order valence-electron chi connectivity index (χ2n) is 6.00. The van der Waals surface area contributed by atoms with Gasteiger partial charge in [-0.3, -0.25) is 9.59 Å². The molecule has 3 rings (SSSR count). The lowest BCUT2D eigenvalue weighted by Gasteiger charge is -2.04. The van der Waals surface area contributed by atoms with Crippen molar-refractivity contribution in [1.29, 1.82) is 0 Å². The Kier molecular flexibility index (Phi) is 5.62. The van der Waals surface area contributed by atoms with Crippen LogP contribution in [0.2, 0.25) is 0 Å². The molecule has 2 aromatic carbocycles. The van der Waals surface area contributed by atoms with Crippen molar-refractivity contribution in [3.05, 3.63) is 58.4 Å². The number of benzene rings is 2. The quantitative estimate of drug-likeness (QED) is 0.580. The summed E-state index contributed by atoms with van der Waals surface area (Å²) in [6.45, 7) is -0.450.